The maximum Gasteiger partial charge on any atom is 0.271 e. The second-order valence-electron chi connectivity index (χ2n) is 4.77. The Labute approximate surface area is 102 Å². The first-order valence-electron chi connectivity index (χ1n) is 5.99. The lowest BCUT2D eigenvalue weighted by atomic mass is 10.1. The second-order valence-corrected chi connectivity index (χ2v) is 4.77. The van der Waals surface area contributed by atoms with E-state index in [1.165, 1.54) is 18.4 Å². The predicted octanol–water partition coefficient (Wildman–Crippen LogP) is 2.82. The maximum absolute atomic E-state index is 11.8. The van der Waals surface area contributed by atoms with Crippen molar-refractivity contribution in [3.05, 3.63) is 34.9 Å². The van der Waals surface area contributed by atoms with Gasteiger partial charge in [-0.25, -0.2) is 5.43 Å². The highest BCUT2D eigenvalue weighted by Gasteiger charge is 2.24. The molecule has 0 spiro atoms. The summed E-state index contributed by atoms with van der Waals surface area (Å²) in [5.74, 6) is 0.461. The van der Waals surface area contributed by atoms with Crippen molar-refractivity contribution < 1.29 is 4.79 Å². The Morgan fingerprint density at radius 3 is 2.59 bits per heavy atom. The molecule has 0 unspecified atom stereocenters. The molecule has 2 rings (SSSR count). The van der Waals surface area contributed by atoms with Gasteiger partial charge in [-0.05, 0) is 62.8 Å². The molecule has 1 fully saturated rings. The van der Waals surface area contributed by atoms with Crippen molar-refractivity contribution in [1.82, 2.24) is 5.43 Å². The van der Waals surface area contributed by atoms with Crippen LogP contribution in [0, 0.1) is 19.8 Å². The van der Waals surface area contributed by atoms with Crippen LogP contribution in [0.1, 0.15) is 41.3 Å². The van der Waals surface area contributed by atoms with E-state index in [0.29, 0.717) is 11.5 Å². The molecule has 1 aliphatic rings. The Morgan fingerprint density at radius 1 is 1.29 bits per heavy atom. The molecule has 3 nitrogen and oxygen atoms in total. The number of nitrogens with zero attached hydrogens (tertiary/aromatic N) is 1. The zero-order valence-corrected chi connectivity index (χ0v) is 10.6. The molecule has 1 aliphatic carbocycles. The number of carbonyl (C=O) groups is 1. The molecule has 17 heavy (non-hydrogen) atoms. The standard InChI is InChI=1S/C14H18N2O/c1-9-4-5-13(8-10(9)2)14(17)16-15-11(3)12-6-7-12/h4-5,8,12H,6-7H2,1-3H3,(H,16,17). The Bertz CT molecular complexity index is 473. The van der Waals surface area contributed by atoms with Gasteiger partial charge in [-0.1, -0.05) is 6.07 Å². The molecule has 0 atom stereocenters. The van der Waals surface area contributed by atoms with Gasteiger partial charge in [-0.2, -0.15) is 5.10 Å². The third-order valence-electron chi connectivity index (χ3n) is 3.27. The first-order chi connectivity index (χ1) is 8.08. The molecular formula is C14H18N2O. The fraction of sp³-hybridized carbons (Fsp3) is 0.429. The Hall–Kier alpha value is -1.64. The van der Waals surface area contributed by atoms with E-state index in [4.69, 9.17) is 0 Å². The average Bonchev–Trinajstić information content (AvgIpc) is 3.13. The van der Waals surface area contributed by atoms with Crippen molar-refractivity contribution in [3.8, 4) is 0 Å². The molecule has 1 aromatic carbocycles. The Morgan fingerprint density at radius 2 is 2.00 bits per heavy atom. The molecule has 90 valence electrons. The lowest BCUT2D eigenvalue weighted by Gasteiger charge is -2.04. The SMILES string of the molecule is CC(=NNC(=O)c1ccc(C)c(C)c1)C1CC1. The highest BCUT2D eigenvalue weighted by molar-refractivity contribution is 5.96. The van der Waals surface area contributed by atoms with E-state index in [0.717, 1.165) is 11.3 Å². The monoisotopic (exact) mass is 230 g/mol. The minimum Gasteiger partial charge on any atom is -0.267 e. The smallest absolute Gasteiger partial charge is 0.267 e. The molecule has 0 aromatic heterocycles. The van der Waals surface area contributed by atoms with Crippen molar-refractivity contribution >= 4 is 11.6 Å². The topological polar surface area (TPSA) is 41.5 Å². The molecule has 0 saturated heterocycles. The third-order valence-corrected chi connectivity index (χ3v) is 3.27. The van der Waals surface area contributed by atoms with Crippen molar-refractivity contribution in [2.24, 2.45) is 11.0 Å². The number of hydrazone groups is 1. The summed E-state index contributed by atoms with van der Waals surface area (Å²) in [6.45, 7) is 6.01. The highest BCUT2D eigenvalue weighted by atomic mass is 16.2. The third kappa shape index (κ3) is 2.93. The molecule has 0 bridgehead atoms. The van der Waals surface area contributed by atoms with E-state index < -0.39 is 0 Å². The minimum atomic E-state index is -0.131. The number of amides is 1. The van der Waals surface area contributed by atoms with Crippen LogP contribution >= 0.6 is 0 Å². The van der Waals surface area contributed by atoms with Gasteiger partial charge in [0.25, 0.3) is 5.91 Å². The summed E-state index contributed by atoms with van der Waals surface area (Å²) in [6.07, 6.45) is 2.41. The van der Waals surface area contributed by atoms with E-state index in [1.54, 1.807) is 0 Å². The van der Waals surface area contributed by atoms with Crippen LogP contribution < -0.4 is 5.43 Å². The lowest BCUT2D eigenvalue weighted by molar-refractivity contribution is 0.0954. The minimum absolute atomic E-state index is 0.131. The summed E-state index contributed by atoms with van der Waals surface area (Å²) in [7, 11) is 0. The maximum atomic E-state index is 11.8. The number of rotatable bonds is 3. The van der Waals surface area contributed by atoms with E-state index in [-0.39, 0.29) is 5.91 Å². The van der Waals surface area contributed by atoms with Crippen LogP contribution in [0.3, 0.4) is 0 Å². The van der Waals surface area contributed by atoms with E-state index in [1.807, 2.05) is 39.0 Å². The lowest BCUT2D eigenvalue weighted by Crippen LogP contribution is -2.19. The zero-order valence-electron chi connectivity index (χ0n) is 10.6. The molecule has 3 heteroatoms. The van der Waals surface area contributed by atoms with E-state index in [2.05, 4.69) is 10.5 Å². The van der Waals surface area contributed by atoms with Crippen LogP contribution in [0.5, 0.6) is 0 Å². The number of benzene rings is 1. The Kier molecular flexibility index (Phi) is 3.27. The summed E-state index contributed by atoms with van der Waals surface area (Å²) in [4.78, 5) is 11.8. The van der Waals surface area contributed by atoms with Gasteiger partial charge in [0.05, 0.1) is 0 Å². The largest absolute Gasteiger partial charge is 0.271 e. The first-order valence-corrected chi connectivity index (χ1v) is 5.99. The van der Waals surface area contributed by atoms with Gasteiger partial charge in [0.15, 0.2) is 0 Å². The molecule has 0 aliphatic heterocycles. The van der Waals surface area contributed by atoms with Gasteiger partial charge < -0.3 is 0 Å². The quantitative estimate of drug-likeness (QED) is 0.629. The van der Waals surface area contributed by atoms with Crippen molar-refractivity contribution in [1.29, 1.82) is 0 Å². The molecule has 1 N–H and O–H groups in total. The predicted molar refractivity (Wildman–Crippen MR) is 69.2 cm³/mol. The highest BCUT2D eigenvalue weighted by Crippen LogP contribution is 2.30. The molecule has 1 amide bonds. The van der Waals surface area contributed by atoms with Crippen molar-refractivity contribution in [2.45, 2.75) is 33.6 Å². The van der Waals surface area contributed by atoms with Crippen LogP contribution in [0.25, 0.3) is 0 Å². The number of hydrogen-bond acceptors (Lipinski definition) is 2. The molecule has 0 radical (unpaired) electrons. The summed E-state index contributed by atoms with van der Waals surface area (Å²) in [5, 5.41) is 4.13. The fourth-order valence-electron chi connectivity index (χ4n) is 1.68. The molecular weight excluding hydrogens is 212 g/mol. The normalized spacial score (nSPS) is 15.8. The zero-order chi connectivity index (χ0) is 12.4. The molecule has 0 heterocycles. The molecule has 1 saturated carbocycles. The summed E-state index contributed by atoms with van der Waals surface area (Å²) < 4.78 is 0. The van der Waals surface area contributed by atoms with E-state index in [9.17, 15) is 4.79 Å². The number of nitrogens with one attached hydrogen (secondary N) is 1. The summed E-state index contributed by atoms with van der Waals surface area (Å²) in [5.41, 5.74) is 6.63. The van der Waals surface area contributed by atoms with E-state index >= 15 is 0 Å². The van der Waals surface area contributed by atoms with Crippen LogP contribution in [0.15, 0.2) is 23.3 Å². The van der Waals surface area contributed by atoms with Gasteiger partial charge in [0.2, 0.25) is 0 Å². The number of carbonyl (C=O) groups excluding carboxylic acids is 1. The van der Waals surface area contributed by atoms with Gasteiger partial charge in [-0.15, -0.1) is 0 Å². The summed E-state index contributed by atoms with van der Waals surface area (Å²) >= 11 is 0. The number of aryl methyl sites for hydroxylation is 2. The van der Waals surface area contributed by atoms with Gasteiger partial charge in [0, 0.05) is 11.3 Å². The van der Waals surface area contributed by atoms with Crippen molar-refractivity contribution in [3.63, 3.8) is 0 Å². The second kappa shape index (κ2) is 4.70. The number of hydrogen-bond donors (Lipinski definition) is 1. The fourth-order valence-corrected chi connectivity index (χ4v) is 1.68. The Balaban J connectivity index is 2.03. The van der Waals surface area contributed by atoms with Crippen LogP contribution in [0.2, 0.25) is 0 Å². The van der Waals surface area contributed by atoms with Crippen LogP contribution in [0.4, 0.5) is 0 Å². The van der Waals surface area contributed by atoms with Crippen LogP contribution in [-0.2, 0) is 0 Å². The summed E-state index contributed by atoms with van der Waals surface area (Å²) in [6, 6.07) is 5.69. The first kappa shape index (κ1) is 11.8. The average molecular weight is 230 g/mol. The van der Waals surface area contributed by atoms with Crippen molar-refractivity contribution in [2.75, 3.05) is 0 Å². The van der Waals surface area contributed by atoms with Gasteiger partial charge >= 0.3 is 0 Å². The van der Waals surface area contributed by atoms with Gasteiger partial charge in [-0.3, -0.25) is 4.79 Å². The molecule has 1 aromatic rings. The van der Waals surface area contributed by atoms with Gasteiger partial charge in [0.1, 0.15) is 0 Å². The van der Waals surface area contributed by atoms with Crippen LogP contribution in [-0.4, -0.2) is 11.6 Å².